The van der Waals surface area contributed by atoms with Crippen molar-refractivity contribution < 1.29 is 46.1 Å². The van der Waals surface area contributed by atoms with Gasteiger partial charge in [-0.3, -0.25) is 9.59 Å². The molecule has 0 heterocycles. The molecule has 0 aromatic heterocycles. The largest absolute Gasteiger partial charge is 0.414 e. The fraction of sp³-hybridized carbons (Fsp3) is 0.857. The molecule has 0 aliphatic heterocycles. The number of rotatable bonds is 2. The number of hydrogen-bond acceptors (Lipinski definition) is 4. The SMILES string of the molecule is O=C1CC[C@H]([C@@H](O)C(F)(F)F)C1.O=C1CC[C@H]([C@H](O)C(F)(F)F)C1. The summed E-state index contributed by atoms with van der Waals surface area (Å²) < 4.78 is 71.2. The van der Waals surface area contributed by atoms with E-state index in [1.54, 1.807) is 0 Å². The predicted octanol–water partition coefficient (Wildman–Crippen LogP) is 2.56. The summed E-state index contributed by atoms with van der Waals surface area (Å²) in [6.45, 7) is 0. The van der Waals surface area contributed by atoms with Crippen molar-refractivity contribution in [2.45, 2.75) is 63.1 Å². The normalized spacial score (nSPS) is 27.7. The van der Waals surface area contributed by atoms with Gasteiger partial charge in [-0.25, -0.2) is 0 Å². The maximum Gasteiger partial charge on any atom is 0.414 e. The second-order valence-corrected chi connectivity index (χ2v) is 6.06. The lowest BCUT2D eigenvalue weighted by Crippen LogP contribution is -2.34. The van der Waals surface area contributed by atoms with Crippen LogP contribution in [0.4, 0.5) is 26.3 Å². The minimum absolute atomic E-state index is 0.138. The van der Waals surface area contributed by atoms with Gasteiger partial charge in [0.25, 0.3) is 0 Å². The van der Waals surface area contributed by atoms with E-state index in [0.29, 0.717) is 0 Å². The minimum atomic E-state index is -4.59. The zero-order valence-corrected chi connectivity index (χ0v) is 12.5. The maximum atomic E-state index is 11.9. The molecule has 4 atom stereocenters. The van der Waals surface area contributed by atoms with Crippen LogP contribution in [0, 0.1) is 11.8 Å². The van der Waals surface area contributed by atoms with Crippen molar-refractivity contribution in [2.24, 2.45) is 11.8 Å². The number of carbonyl (C=O) groups excluding carboxylic acids is 2. The predicted molar refractivity (Wildman–Crippen MR) is 68.8 cm³/mol. The van der Waals surface area contributed by atoms with Crippen LogP contribution in [0.5, 0.6) is 0 Å². The Morgan fingerprint density at radius 1 is 0.750 bits per heavy atom. The van der Waals surface area contributed by atoms with Crippen LogP contribution in [0.25, 0.3) is 0 Å². The van der Waals surface area contributed by atoms with Crippen molar-refractivity contribution in [3.05, 3.63) is 0 Å². The van der Waals surface area contributed by atoms with Gasteiger partial charge >= 0.3 is 12.4 Å². The van der Waals surface area contributed by atoms with E-state index in [4.69, 9.17) is 10.2 Å². The number of aliphatic hydroxyl groups is 2. The highest BCUT2D eigenvalue weighted by Crippen LogP contribution is 2.34. The lowest BCUT2D eigenvalue weighted by molar-refractivity contribution is -0.218. The zero-order chi connectivity index (χ0) is 18.7. The fourth-order valence-electron chi connectivity index (χ4n) is 2.76. The molecule has 2 aliphatic carbocycles. The van der Waals surface area contributed by atoms with Crippen LogP contribution in [0.2, 0.25) is 0 Å². The van der Waals surface area contributed by atoms with E-state index < -0.39 is 36.4 Å². The van der Waals surface area contributed by atoms with Gasteiger partial charge in [-0.05, 0) is 12.8 Å². The average Bonchev–Trinajstić information content (AvgIpc) is 3.04. The first-order chi connectivity index (χ1) is 10.8. The van der Waals surface area contributed by atoms with Gasteiger partial charge in [0.1, 0.15) is 11.6 Å². The lowest BCUT2D eigenvalue weighted by Gasteiger charge is -2.19. The first kappa shape index (κ1) is 20.9. The molecule has 0 spiro atoms. The van der Waals surface area contributed by atoms with Crippen molar-refractivity contribution in [3.8, 4) is 0 Å². The zero-order valence-electron chi connectivity index (χ0n) is 12.5. The Morgan fingerprint density at radius 3 is 1.21 bits per heavy atom. The first-order valence-corrected chi connectivity index (χ1v) is 7.35. The minimum Gasteiger partial charge on any atom is -0.383 e. The van der Waals surface area contributed by atoms with Crippen LogP contribution >= 0.6 is 0 Å². The quantitative estimate of drug-likeness (QED) is 0.739. The Balaban J connectivity index is 0.000000240. The Hall–Kier alpha value is -1.16. The summed E-state index contributed by atoms with van der Waals surface area (Å²) in [6, 6.07) is 0. The first-order valence-electron chi connectivity index (χ1n) is 7.35. The van der Waals surface area contributed by atoms with Crippen LogP contribution in [0.1, 0.15) is 38.5 Å². The Kier molecular flexibility index (Phi) is 6.80. The molecule has 0 aromatic rings. The van der Waals surface area contributed by atoms with Gasteiger partial charge in [0.05, 0.1) is 0 Å². The van der Waals surface area contributed by atoms with Gasteiger partial charge in [0, 0.05) is 37.5 Å². The standard InChI is InChI=1S/2C7H9F3O2/c2*8-7(9,10)6(12)4-1-2-5(11)3-4/h2*4,6,12H,1-3H2/t4-,6+;4-,6-/m00/s1. The van der Waals surface area contributed by atoms with Crippen molar-refractivity contribution in [2.75, 3.05) is 0 Å². The third-order valence-electron chi connectivity index (χ3n) is 4.13. The Morgan fingerprint density at radius 2 is 1.04 bits per heavy atom. The van der Waals surface area contributed by atoms with Crippen molar-refractivity contribution in [1.82, 2.24) is 0 Å². The molecule has 4 nitrogen and oxygen atoms in total. The molecule has 140 valence electrons. The topological polar surface area (TPSA) is 74.6 Å². The van der Waals surface area contributed by atoms with Crippen LogP contribution in [-0.2, 0) is 9.59 Å². The van der Waals surface area contributed by atoms with E-state index in [0.717, 1.165) is 0 Å². The van der Waals surface area contributed by atoms with Gasteiger partial charge in [-0.1, -0.05) is 0 Å². The number of hydrogen-bond donors (Lipinski definition) is 2. The third-order valence-corrected chi connectivity index (χ3v) is 4.13. The molecule has 2 rings (SSSR count). The van der Waals surface area contributed by atoms with E-state index in [2.05, 4.69) is 0 Å². The number of carbonyl (C=O) groups is 2. The molecule has 0 radical (unpaired) electrons. The molecule has 2 saturated carbocycles. The van der Waals surface area contributed by atoms with Crippen LogP contribution in [-0.4, -0.2) is 46.3 Å². The van der Waals surface area contributed by atoms with E-state index in [-0.39, 0.29) is 50.1 Å². The number of aliphatic hydroxyl groups excluding tert-OH is 2. The molecule has 24 heavy (non-hydrogen) atoms. The molecule has 0 bridgehead atoms. The second kappa shape index (κ2) is 7.81. The highest BCUT2D eigenvalue weighted by Gasteiger charge is 2.46. The summed E-state index contributed by atoms with van der Waals surface area (Å²) >= 11 is 0. The fourth-order valence-corrected chi connectivity index (χ4v) is 2.76. The molecule has 2 N–H and O–H groups in total. The van der Waals surface area contributed by atoms with Crippen LogP contribution in [0.3, 0.4) is 0 Å². The smallest absolute Gasteiger partial charge is 0.383 e. The van der Waals surface area contributed by atoms with Crippen LogP contribution in [0.15, 0.2) is 0 Å². The molecule has 0 aromatic carbocycles. The van der Waals surface area contributed by atoms with Gasteiger partial charge in [0.15, 0.2) is 12.2 Å². The number of ketones is 2. The van der Waals surface area contributed by atoms with Gasteiger partial charge in [-0.15, -0.1) is 0 Å². The molecule has 2 fully saturated rings. The molecule has 10 heteroatoms. The van der Waals surface area contributed by atoms with Gasteiger partial charge in [0.2, 0.25) is 0 Å². The molecule has 0 unspecified atom stereocenters. The highest BCUT2D eigenvalue weighted by atomic mass is 19.4. The van der Waals surface area contributed by atoms with E-state index >= 15 is 0 Å². The summed E-state index contributed by atoms with van der Waals surface area (Å²) in [4.78, 5) is 21.2. The molecular weight excluding hydrogens is 346 g/mol. The molecule has 2 aliphatic rings. The van der Waals surface area contributed by atoms with Crippen molar-refractivity contribution >= 4 is 11.6 Å². The maximum absolute atomic E-state index is 11.9. The van der Waals surface area contributed by atoms with Crippen LogP contribution < -0.4 is 0 Å². The molecule has 0 amide bonds. The summed E-state index contributed by atoms with van der Waals surface area (Å²) in [5.41, 5.74) is 0. The summed E-state index contributed by atoms with van der Waals surface area (Å²) in [7, 11) is 0. The number of alkyl halides is 6. The summed E-state index contributed by atoms with van der Waals surface area (Å²) in [6.07, 6.45) is -13.5. The number of Topliss-reactive ketones (excluding diaryl/α,β-unsaturated/α-hetero) is 2. The third kappa shape index (κ3) is 6.04. The van der Waals surface area contributed by atoms with Crippen molar-refractivity contribution in [1.29, 1.82) is 0 Å². The lowest BCUT2D eigenvalue weighted by atomic mass is 10.0. The summed E-state index contributed by atoms with van der Waals surface area (Å²) in [5.74, 6) is -2.22. The van der Waals surface area contributed by atoms with E-state index in [1.165, 1.54) is 0 Å². The van der Waals surface area contributed by atoms with E-state index in [1.807, 2.05) is 0 Å². The summed E-state index contributed by atoms with van der Waals surface area (Å²) in [5, 5.41) is 17.5. The van der Waals surface area contributed by atoms with Gasteiger partial charge in [-0.2, -0.15) is 26.3 Å². The van der Waals surface area contributed by atoms with Crippen molar-refractivity contribution in [3.63, 3.8) is 0 Å². The van der Waals surface area contributed by atoms with Gasteiger partial charge < -0.3 is 10.2 Å². The molecular formula is C14H18F6O4. The average molecular weight is 364 g/mol. The number of halogens is 6. The monoisotopic (exact) mass is 364 g/mol. The second-order valence-electron chi connectivity index (χ2n) is 6.06. The highest BCUT2D eigenvalue weighted by molar-refractivity contribution is 5.81. The van der Waals surface area contributed by atoms with E-state index in [9.17, 15) is 35.9 Å². The molecule has 0 saturated heterocycles. The Labute approximate surface area is 133 Å². The Bertz CT molecular complexity index is 417.